The number of hydrogen-bond donors (Lipinski definition) is 2. The third-order valence-electron chi connectivity index (χ3n) is 2.30. The largest absolute Gasteiger partial charge is 0.307 e. The molecule has 70 valence electrons. The Balaban J connectivity index is 2.57. The Hall–Kier alpha value is -0.450. The first kappa shape index (κ1) is 9.64. The molecule has 1 saturated heterocycles. The second kappa shape index (κ2) is 3.98. The average Bonchev–Trinajstić information content (AvgIpc) is 2.57. The van der Waals surface area contributed by atoms with Gasteiger partial charge in [-0.1, -0.05) is 13.3 Å². The Kier molecular flexibility index (Phi) is 3.20. The highest BCUT2D eigenvalue weighted by Crippen LogP contribution is 2.13. The molecule has 0 radical (unpaired) electrons. The first-order valence-corrected chi connectivity index (χ1v) is 4.44. The maximum absolute atomic E-state index is 10.8. The summed E-state index contributed by atoms with van der Waals surface area (Å²) in [4.78, 5) is 12.8. The molecule has 0 amide bonds. The molecule has 0 spiro atoms. The monoisotopic (exact) mass is 171 g/mol. The molecule has 3 N–H and O–H groups in total. The topological polar surface area (TPSA) is 58.4 Å². The van der Waals surface area contributed by atoms with E-state index in [1.54, 1.807) is 0 Å². The third-order valence-corrected chi connectivity index (χ3v) is 2.30. The Labute approximate surface area is 73.1 Å². The van der Waals surface area contributed by atoms with E-state index in [0.29, 0.717) is 0 Å². The van der Waals surface area contributed by atoms with Crippen molar-refractivity contribution in [2.45, 2.75) is 25.4 Å². The molecule has 12 heavy (non-hydrogen) atoms. The zero-order chi connectivity index (χ0) is 9.03. The van der Waals surface area contributed by atoms with Crippen LogP contribution in [0.25, 0.3) is 0 Å². The van der Waals surface area contributed by atoms with Crippen molar-refractivity contribution in [2.24, 2.45) is 5.73 Å². The fourth-order valence-corrected chi connectivity index (χ4v) is 1.55. The van der Waals surface area contributed by atoms with E-state index in [1.807, 2.05) is 11.8 Å². The van der Waals surface area contributed by atoms with Crippen molar-refractivity contribution in [2.75, 3.05) is 19.8 Å². The molecule has 4 heteroatoms. The van der Waals surface area contributed by atoms with Gasteiger partial charge in [0.2, 0.25) is 0 Å². The van der Waals surface area contributed by atoms with Gasteiger partial charge in [0.15, 0.2) is 6.29 Å². The molecule has 0 bridgehead atoms. The van der Waals surface area contributed by atoms with Crippen LogP contribution in [0.3, 0.4) is 0 Å². The van der Waals surface area contributed by atoms with E-state index >= 15 is 0 Å². The van der Waals surface area contributed by atoms with Crippen molar-refractivity contribution < 1.29 is 4.79 Å². The van der Waals surface area contributed by atoms with E-state index in [0.717, 1.165) is 38.9 Å². The second-order valence-corrected chi connectivity index (χ2v) is 3.28. The maximum atomic E-state index is 10.8. The van der Waals surface area contributed by atoms with E-state index in [1.165, 1.54) is 0 Å². The molecule has 1 atom stereocenters. The van der Waals surface area contributed by atoms with Crippen LogP contribution in [0.4, 0.5) is 0 Å². The van der Waals surface area contributed by atoms with Crippen LogP contribution in [-0.4, -0.2) is 36.6 Å². The summed E-state index contributed by atoms with van der Waals surface area (Å²) in [5, 5.41) is 3.16. The summed E-state index contributed by atoms with van der Waals surface area (Å²) in [5.74, 6) is 0. The molecule has 1 aliphatic heterocycles. The lowest BCUT2D eigenvalue weighted by Gasteiger charge is -2.32. The van der Waals surface area contributed by atoms with Crippen molar-refractivity contribution in [1.82, 2.24) is 10.2 Å². The van der Waals surface area contributed by atoms with Crippen LogP contribution in [0, 0.1) is 0 Å². The lowest BCUT2D eigenvalue weighted by atomic mass is 10.1. The minimum Gasteiger partial charge on any atom is -0.307 e. The highest BCUT2D eigenvalue weighted by molar-refractivity contribution is 5.63. The summed E-state index contributed by atoms with van der Waals surface area (Å²) in [5.41, 5.74) is 5.19. The maximum Gasteiger partial charge on any atom is 0.154 e. The summed E-state index contributed by atoms with van der Waals surface area (Å²) in [6, 6.07) is 0. The van der Waals surface area contributed by atoms with Crippen LogP contribution in [0.5, 0.6) is 0 Å². The molecular formula is C8H17N3O. The van der Waals surface area contributed by atoms with Gasteiger partial charge in [-0.05, 0) is 6.42 Å². The van der Waals surface area contributed by atoms with Crippen LogP contribution in [-0.2, 0) is 4.79 Å². The predicted octanol–water partition coefficient (Wildman–Crippen LogP) is -0.497. The van der Waals surface area contributed by atoms with E-state index in [-0.39, 0.29) is 0 Å². The zero-order valence-corrected chi connectivity index (χ0v) is 7.55. The molecule has 0 aromatic heterocycles. The number of rotatable bonds is 4. The van der Waals surface area contributed by atoms with Gasteiger partial charge < -0.3 is 11.1 Å². The van der Waals surface area contributed by atoms with Crippen molar-refractivity contribution in [3.05, 3.63) is 0 Å². The summed E-state index contributed by atoms with van der Waals surface area (Å²) in [6.07, 6.45) is 2.54. The standard InChI is InChI=1S/C8H17N3O/c1-2-3-8(9,6-12)11-5-4-10-7-11/h6,10H,2-5,7,9H2,1H3. The van der Waals surface area contributed by atoms with E-state index in [9.17, 15) is 4.79 Å². The number of hydrogen-bond acceptors (Lipinski definition) is 4. The Morgan fingerprint density at radius 2 is 2.50 bits per heavy atom. The lowest BCUT2D eigenvalue weighted by molar-refractivity contribution is -0.118. The quantitative estimate of drug-likeness (QED) is 0.560. The number of carbonyl (C=O) groups is 1. The summed E-state index contributed by atoms with van der Waals surface area (Å²) < 4.78 is 0. The second-order valence-electron chi connectivity index (χ2n) is 3.28. The fourth-order valence-electron chi connectivity index (χ4n) is 1.55. The van der Waals surface area contributed by atoms with E-state index in [4.69, 9.17) is 5.73 Å². The molecule has 1 fully saturated rings. The van der Waals surface area contributed by atoms with Crippen molar-refractivity contribution in [1.29, 1.82) is 0 Å². The number of nitrogens with zero attached hydrogens (tertiary/aromatic N) is 1. The predicted molar refractivity (Wildman–Crippen MR) is 47.5 cm³/mol. The molecule has 1 rings (SSSR count). The molecule has 0 aromatic rings. The SMILES string of the molecule is CCCC(N)(C=O)N1CCNC1. The van der Waals surface area contributed by atoms with Crippen LogP contribution in [0.15, 0.2) is 0 Å². The lowest BCUT2D eigenvalue weighted by Crippen LogP contribution is -2.56. The van der Waals surface area contributed by atoms with Crippen LogP contribution in [0.1, 0.15) is 19.8 Å². The molecule has 1 aliphatic rings. The molecule has 0 aliphatic carbocycles. The normalized spacial score (nSPS) is 23.8. The van der Waals surface area contributed by atoms with Gasteiger partial charge in [-0.15, -0.1) is 0 Å². The molecule has 0 aromatic carbocycles. The van der Waals surface area contributed by atoms with E-state index < -0.39 is 5.66 Å². The number of carbonyl (C=O) groups excluding carboxylic acids is 1. The van der Waals surface area contributed by atoms with Gasteiger partial charge in [-0.2, -0.15) is 0 Å². The fraction of sp³-hybridized carbons (Fsp3) is 0.875. The van der Waals surface area contributed by atoms with Gasteiger partial charge in [0.1, 0.15) is 5.66 Å². The molecule has 4 nitrogen and oxygen atoms in total. The van der Waals surface area contributed by atoms with Crippen LogP contribution < -0.4 is 11.1 Å². The van der Waals surface area contributed by atoms with Crippen molar-refractivity contribution in [3.63, 3.8) is 0 Å². The van der Waals surface area contributed by atoms with Crippen LogP contribution in [0.2, 0.25) is 0 Å². The minimum absolute atomic E-state index is 0.731. The van der Waals surface area contributed by atoms with Gasteiger partial charge in [0, 0.05) is 13.1 Å². The molecule has 0 saturated carbocycles. The molecular weight excluding hydrogens is 154 g/mol. The number of nitrogens with one attached hydrogen (secondary N) is 1. The van der Waals surface area contributed by atoms with Crippen molar-refractivity contribution >= 4 is 6.29 Å². The minimum atomic E-state index is -0.738. The van der Waals surface area contributed by atoms with Gasteiger partial charge in [-0.25, -0.2) is 0 Å². The highest BCUT2D eigenvalue weighted by atomic mass is 16.1. The number of nitrogens with two attached hydrogens (primary N) is 1. The van der Waals surface area contributed by atoms with Gasteiger partial charge >= 0.3 is 0 Å². The zero-order valence-electron chi connectivity index (χ0n) is 7.55. The Morgan fingerprint density at radius 1 is 1.75 bits per heavy atom. The first-order valence-electron chi connectivity index (χ1n) is 4.44. The van der Waals surface area contributed by atoms with Gasteiger partial charge in [0.25, 0.3) is 0 Å². The Bertz CT molecular complexity index is 156. The molecule has 1 unspecified atom stereocenters. The van der Waals surface area contributed by atoms with Crippen molar-refractivity contribution in [3.8, 4) is 0 Å². The first-order chi connectivity index (χ1) is 5.73. The molecule has 1 heterocycles. The number of aldehydes is 1. The average molecular weight is 171 g/mol. The third kappa shape index (κ3) is 1.83. The van der Waals surface area contributed by atoms with E-state index in [2.05, 4.69) is 5.32 Å². The van der Waals surface area contributed by atoms with Gasteiger partial charge in [0.05, 0.1) is 6.67 Å². The smallest absolute Gasteiger partial charge is 0.154 e. The Morgan fingerprint density at radius 3 is 2.92 bits per heavy atom. The summed E-state index contributed by atoms with van der Waals surface area (Å²) in [6.45, 7) is 4.57. The summed E-state index contributed by atoms with van der Waals surface area (Å²) >= 11 is 0. The van der Waals surface area contributed by atoms with Crippen LogP contribution >= 0.6 is 0 Å². The highest BCUT2D eigenvalue weighted by Gasteiger charge is 2.32. The summed E-state index contributed by atoms with van der Waals surface area (Å²) in [7, 11) is 0. The van der Waals surface area contributed by atoms with Gasteiger partial charge in [-0.3, -0.25) is 9.69 Å².